The van der Waals surface area contributed by atoms with E-state index in [0.717, 1.165) is 13.1 Å². The molecule has 0 amide bonds. The molecule has 1 fully saturated rings. The number of carboxylic acids is 1. The van der Waals surface area contributed by atoms with Crippen molar-refractivity contribution in [1.29, 1.82) is 0 Å². The molecule has 1 rings (SSSR count). The van der Waals surface area contributed by atoms with Crippen LogP contribution in [-0.4, -0.2) is 34.6 Å². The molecule has 88 valence electrons. The highest BCUT2D eigenvalue weighted by molar-refractivity contribution is 5.68. The molecule has 0 saturated carbocycles. The van der Waals surface area contributed by atoms with Gasteiger partial charge in [0, 0.05) is 18.6 Å². The Morgan fingerprint density at radius 3 is 2.20 bits per heavy atom. The van der Waals surface area contributed by atoms with Crippen molar-refractivity contribution < 1.29 is 9.90 Å². The number of aliphatic carboxylic acids is 1. The van der Waals surface area contributed by atoms with Gasteiger partial charge in [-0.2, -0.15) is 0 Å². The summed E-state index contributed by atoms with van der Waals surface area (Å²) in [5.74, 6) is 0.662. The molecule has 3 heteroatoms. The second-order valence-electron chi connectivity index (χ2n) is 5.73. The summed E-state index contributed by atoms with van der Waals surface area (Å²) in [6.07, 6.45) is 1.49. The molecule has 15 heavy (non-hydrogen) atoms. The highest BCUT2D eigenvalue weighted by Gasteiger charge is 2.34. The van der Waals surface area contributed by atoms with Crippen molar-refractivity contribution in [3.63, 3.8) is 0 Å². The van der Waals surface area contributed by atoms with Crippen molar-refractivity contribution >= 4 is 5.97 Å². The van der Waals surface area contributed by atoms with Crippen LogP contribution >= 0.6 is 0 Å². The molecule has 0 bridgehead atoms. The van der Waals surface area contributed by atoms with Crippen LogP contribution in [0.5, 0.6) is 0 Å². The minimum absolute atomic E-state index is 0.214. The summed E-state index contributed by atoms with van der Waals surface area (Å²) < 4.78 is 0. The molecule has 2 unspecified atom stereocenters. The number of piperidine rings is 1. The maximum Gasteiger partial charge on any atom is 0.305 e. The van der Waals surface area contributed by atoms with E-state index < -0.39 is 5.97 Å². The van der Waals surface area contributed by atoms with Crippen LogP contribution < -0.4 is 0 Å². The normalized spacial score (nSPS) is 29.1. The average Bonchev–Trinajstić information content (AvgIpc) is 1.99. The van der Waals surface area contributed by atoms with Crippen LogP contribution in [0.2, 0.25) is 0 Å². The Morgan fingerprint density at radius 2 is 1.80 bits per heavy atom. The first-order chi connectivity index (χ1) is 6.81. The van der Waals surface area contributed by atoms with Crippen LogP contribution in [0.4, 0.5) is 0 Å². The summed E-state index contributed by atoms with van der Waals surface area (Å²) in [6, 6.07) is 0. The van der Waals surface area contributed by atoms with Gasteiger partial charge in [-0.3, -0.25) is 9.69 Å². The summed E-state index contributed by atoms with van der Waals surface area (Å²) in [7, 11) is 0. The Labute approximate surface area is 92.5 Å². The second-order valence-corrected chi connectivity index (χ2v) is 5.73. The monoisotopic (exact) mass is 213 g/mol. The van der Waals surface area contributed by atoms with Crippen molar-refractivity contribution in [1.82, 2.24) is 4.90 Å². The predicted octanol–water partition coefficient (Wildman–Crippen LogP) is 2.22. The third-order valence-electron chi connectivity index (χ3n) is 3.31. The Hall–Kier alpha value is -0.570. The summed E-state index contributed by atoms with van der Waals surface area (Å²) >= 11 is 0. The SMILES string of the molecule is CC1CC(C)CN(C(C)(C)CC(=O)O)C1. The molecule has 2 atom stereocenters. The highest BCUT2D eigenvalue weighted by atomic mass is 16.4. The molecule has 0 aliphatic carbocycles. The molecule has 1 heterocycles. The fourth-order valence-electron chi connectivity index (χ4n) is 2.64. The molecular weight excluding hydrogens is 190 g/mol. The Morgan fingerprint density at radius 1 is 1.33 bits per heavy atom. The van der Waals surface area contributed by atoms with Crippen LogP contribution in [0.15, 0.2) is 0 Å². The molecule has 1 saturated heterocycles. The molecular formula is C12H23NO2. The third-order valence-corrected chi connectivity index (χ3v) is 3.31. The van der Waals surface area contributed by atoms with Gasteiger partial charge in [0.2, 0.25) is 0 Å². The van der Waals surface area contributed by atoms with Gasteiger partial charge >= 0.3 is 5.97 Å². The predicted molar refractivity (Wildman–Crippen MR) is 60.8 cm³/mol. The van der Waals surface area contributed by atoms with Crippen molar-refractivity contribution in [3.8, 4) is 0 Å². The van der Waals surface area contributed by atoms with E-state index >= 15 is 0 Å². The van der Waals surface area contributed by atoms with E-state index in [1.54, 1.807) is 0 Å². The second kappa shape index (κ2) is 4.52. The number of hydrogen-bond acceptors (Lipinski definition) is 2. The van der Waals surface area contributed by atoms with E-state index in [-0.39, 0.29) is 12.0 Å². The van der Waals surface area contributed by atoms with Crippen molar-refractivity contribution in [3.05, 3.63) is 0 Å². The molecule has 1 aliphatic rings. The first-order valence-electron chi connectivity index (χ1n) is 5.78. The molecule has 1 N–H and O–H groups in total. The Bertz CT molecular complexity index is 228. The van der Waals surface area contributed by atoms with Gasteiger partial charge in [0.05, 0.1) is 6.42 Å². The molecule has 1 aliphatic heterocycles. The van der Waals surface area contributed by atoms with Crippen LogP contribution in [0.25, 0.3) is 0 Å². The number of carboxylic acid groups (broad SMARTS) is 1. The first-order valence-corrected chi connectivity index (χ1v) is 5.78. The first kappa shape index (κ1) is 12.5. The third kappa shape index (κ3) is 3.49. The lowest BCUT2D eigenvalue weighted by molar-refractivity contribution is -0.140. The highest BCUT2D eigenvalue weighted by Crippen LogP contribution is 2.28. The van der Waals surface area contributed by atoms with E-state index in [2.05, 4.69) is 18.7 Å². The van der Waals surface area contributed by atoms with E-state index in [4.69, 9.17) is 5.11 Å². The quantitative estimate of drug-likeness (QED) is 0.781. The van der Waals surface area contributed by atoms with Gasteiger partial charge in [-0.15, -0.1) is 0 Å². The largest absolute Gasteiger partial charge is 0.481 e. The summed E-state index contributed by atoms with van der Waals surface area (Å²) in [6.45, 7) is 10.6. The van der Waals surface area contributed by atoms with E-state index in [1.807, 2.05) is 13.8 Å². The van der Waals surface area contributed by atoms with Crippen molar-refractivity contribution in [2.45, 2.75) is 46.1 Å². The van der Waals surface area contributed by atoms with E-state index in [0.29, 0.717) is 11.8 Å². The zero-order valence-electron chi connectivity index (χ0n) is 10.3. The number of rotatable bonds is 3. The maximum absolute atomic E-state index is 10.8. The van der Waals surface area contributed by atoms with Gasteiger partial charge in [0.25, 0.3) is 0 Å². The van der Waals surface area contributed by atoms with E-state index in [1.165, 1.54) is 6.42 Å². The lowest BCUT2D eigenvalue weighted by Gasteiger charge is -2.44. The summed E-state index contributed by atoms with van der Waals surface area (Å²) in [5.41, 5.74) is -0.214. The van der Waals surface area contributed by atoms with Crippen LogP contribution in [0.3, 0.4) is 0 Å². The van der Waals surface area contributed by atoms with Gasteiger partial charge < -0.3 is 5.11 Å². The minimum Gasteiger partial charge on any atom is -0.481 e. The van der Waals surface area contributed by atoms with Crippen LogP contribution in [0, 0.1) is 11.8 Å². The number of carbonyl (C=O) groups is 1. The summed E-state index contributed by atoms with van der Waals surface area (Å²) in [4.78, 5) is 13.1. The van der Waals surface area contributed by atoms with Crippen LogP contribution in [-0.2, 0) is 4.79 Å². The Balaban J connectivity index is 2.64. The minimum atomic E-state index is -0.703. The van der Waals surface area contributed by atoms with Crippen molar-refractivity contribution in [2.24, 2.45) is 11.8 Å². The fourth-order valence-corrected chi connectivity index (χ4v) is 2.64. The Kier molecular flexibility index (Phi) is 3.77. The topological polar surface area (TPSA) is 40.5 Å². The smallest absolute Gasteiger partial charge is 0.305 e. The van der Waals surface area contributed by atoms with E-state index in [9.17, 15) is 4.79 Å². The van der Waals surface area contributed by atoms with Gasteiger partial charge in [-0.25, -0.2) is 0 Å². The molecule has 0 aromatic rings. The molecule has 0 aromatic carbocycles. The van der Waals surface area contributed by atoms with Gasteiger partial charge in [-0.1, -0.05) is 13.8 Å². The van der Waals surface area contributed by atoms with Gasteiger partial charge in [0.15, 0.2) is 0 Å². The van der Waals surface area contributed by atoms with Crippen molar-refractivity contribution in [2.75, 3.05) is 13.1 Å². The molecule has 0 radical (unpaired) electrons. The number of likely N-dealkylation sites (tertiary alicyclic amines) is 1. The van der Waals surface area contributed by atoms with Gasteiger partial charge in [-0.05, 0) is 32.1 Å². The average molecular weight is 213 g/mol. The number of nitrogens with zero attached hydrogens (tertiary/aromatic N) is 1. The van der Waals surface area contributed by atoms with Gasteiger partial charge in [0.1, 0.15) is 0 Å². The van der Waals surface area contributed by atoms with Crippen LogP contribution in [0.1, 0.15) is 40.5 Å². The maximum atomic E-state index is 10.8. The molecule has 3 nitrogen and oxygen atoms in total. The zero-order valence-corrected chi connectivity index (χ0v) is 10.3. The molecule has 0 spiro atoms. The lowest BCUT2D eigenvalue weighted by Crippen LogP contribution is -2.51. The zero-order chi connectivity index (χ0) is 11.6. The summed E-state index contributed by atoms with van der Waals surface area (Å²) in [5, 5.41) is 8.88. The molecule has 0 aromatic heterocycles. The lowest BCUT2D eigenvalue weighted by atomic mass is 9.87. The number of hydrogen-bond donors (Lipinski definition) is 1. The fraction of sp³-hybridized carbons (Fsp3) is 0.917. The standard InChI is InChI=1S/C12H23NO2/c1-9-5-10(2)8-13(7-9)12(3,4)6-11(14)15/h9-10H,5-8H2,1-4H3,(H,14,15).